The predicted octanol–water partition coefficient (Wildman–Crippen LogP) is 2.92. The fourth-order valence-electron chi connectivity index (χ4n) is 1.55. The summed E-state index contributed by atoms with van der Waals surface area (Å²) in [6, 6.07) is 7.59. The van der Waals surface area contributed by atoms with Gasteiger partial charge in [-0.05, 0) is 23.3 Å². The molecule has 0 atom stereocenters. The molecule has 0 radical (unpaired) electrons. The quantitative estimate of drug-likeness (QED) is 0.801. The zero-order valence-electron chi connectivity index (χ0n) is 8.34. The Labute approximate surface area is 96.7 Å². The second-order valence-electron chi connectivity index (χ2n) is 3.38. The fraction of sp³-hybridized carbons (Fsp3) is 0.0833. The number of rotatable bonds is 2. The summed E-state index contributed by atoms with van der Waals surface area (Å²) in [4.78, 5) is 13.7. The third-order valence-electron chi connectivity index (χ3n) is 2.29. The predicted molar refractivity (Wildman–Crippen MR) is 62.0 cm³/mol. The minimum atomic E-state index is -0.316. The van der Waals surface area contributed by atoms with E-state index in [-0.39, 0.29) is 17.3 Å². The molecule has 82 valence electrons. The van der Waals surface area contributed by atoms with Crippen LogP contribution in [0.4, 0.5) is 4.39 Å². The maximum atomic E-state index is 13.1. The summed E-state index contributed by atoms with van der Waals surface area (Å²) in [5.41, 5.74) is 1.92. The molecule has 1 heterocycles. The van der Waals surface area contributed by atoms with Crippen molar-refractivity contribution in [3.63, 3.8) is 0 Å². The van der Waals surface area contributed by atoms with E-state index in [1.165, 1.54) is 18.2 Å². The molecule has 0 unspecified atom stereocenters. The Morgan fingerprint density at radius 1 is 1.31 bits per heavy atom. The van der Waals surface area contributed by atoms with Gasteiger partial charge in [-0.3, -0.25) is 4.79 Å². The molecule has 0 spiro atoms. The number of aromatic amines is 1. The number of pyridine rings is 1. The Bertz CT molecular complexity index is 565. The Balaban J connectivity index is 2.59. The molecule has 1 N–H and O–H groups in total. The highest BCUT2D eigenvalue weighted by Crippen LogP contribution is 2.23. The maximum absolute atomic E-state index is 13.1. The molecule has 4 heteroatoms. The van der Waals surface area contributed by atoms with Gasteiger partial charge in [0.25, 0.3) is 0 Å². The second-order valence-corrected chi connectivity index (χ2v) is 3.65. The normalized spacial score (nSPS) is 10.4. The van der Waals surface area contributed by atoms with E-state index in [2.05, 4.69) is 4.98 Å². The topological polar surface area (TPSA) is 32.9 Å². The van der Waals surface area contributed by atoms with E-state index in [4.69, 9.17) is 11.6 Å². The first-order chi connectivity index (χ1) is 7.70. The van der Waals surface area contributed by atoms with Crippen molar-refractivity contribution in [3.8, 4) is 11.1 Å². The Kier molecular flexibility index (Phi) is 3.06. The molecular weight excluding hydrogens is 229 g/mol. The highest BCUT2D eigenvalue weighted by atomic mass is 35.5. The average Bonchev–Trinajstić information content (AvgIpc) is 2.28. The van der Waals surface area contributed by atoms with Crippen LogP contribution in [0.2, 0.25) is 0 Å². The number of halogens is 2. The number of hydrogen-bond acceptors (Lipinski definition) is 1. The Hall–Kier alpha value is -1.61. The second kappa shape index (κ2) is 4.49. The average molecular weight is 238 g/mol. The van der Waals surface area contributed by atoms with Crippen molar-refractivity contribution in [2.24, 2.45) is 0 Å². The van der Waals surface area contributed by atoms with Crippen LogP contribution >= 0.6 is 11.6 Å². The van der Waals surface area contributed by atoms with Crippen LogP contribution in [-0.4, -0.2) is 4.98 Å². The fourth-order valence-corrected chi connectivity index (χ4v) is 1.77. The Morgan fingerprint density at radius 2 is 2.12 bits per heavy atom. The van der Waals surface area contributed by atoms with Gasteiger partial charge < -0.3 is 4.98 Å². The third-order valence-corrected chi connectivity index (χ3v) is 2.58. The van der Waals surface area contributed by atoms with E-state index in [0.29, 0.717) is 11.1 Å². The monoisotopic (exact) mass is 237 g/mol. The first kappa shape index (κ1) is 10.9. The summed E-state index contributed by atoms with van der Waals surface area (Å²) >= 11 is 5.75. The van der Waals surface area contributed by atoms with Gasteiger partial charge in [-0.25, -0.2) is 4.39 Å². The number of benzene rings is 1. The van der Waals surface area contributed by atoms with Crippen molar-refractivity contribution in [2.45, 2.75) is 5.88 Å². The van der Waals surface area contributed by atoms with Gasteiger partial charge in [0.2, 0.25) is 5.56 Å². The molecule has 0 aliphatic rings. The minimum Gasteiger partial charge on any atom is -0.328 e. The molecule has 2 nitrogen and oxygen atoms in total. The van der Waals surface area contributed by atoms with Gasteiger partial charge in [0.1, 0.15) is 5.82 Å². The Morgan fingerprint density at radius 3 is 2.81 bits per heavy atom. The van der Waals surface area contributed by atoms with Crippen molar-refractivity contribution in [2.75, 3.05) is 0 Å². The standard InChI is InChI=1S/C12H9ClFNO/c13-6-9-5-12(16)15-7-11(9)8-2-1-3-10(14)4-8/h1-5,7H,6H2,(H,15,16). The number of aromatic nitrogens is 1. The third kappa shape index (κ3) is 2.14. The van der Waals surface area contributed by atoms with Crippen molar-refractivity contribution < 1.29 is 4.39 Å². The lowest BCUT2D eigenvalue weighted by molar-refractivity contribution is 0.628. The van der Waals surface area contributed by atoms with Crippen molar-refractivity contribution in [1.82, 2.24) is 4.98 Å². The summed E-state index contributed by atoms with van der Waals surface area (Å²) in [6.45, 7) is 0. The van der Waals surface area contributed by atoms with Crippen LogP contribution < -0.4 is 5.56 Å². The molecule has 0 bridgehead atoms. The van der Waals surface area contributed by atoms with Crippen LogP contribution in [0.3, 0.4) is 0 Å². The SMILES string of the molecule is O=c1cc(CCl)c(-c2cccc(F)c2)c[nH]1. The van der Waals surface area contributed by atoms with E-state index < -0.39 is 0 Å². The molecule has 16 heavy (non-hydrogen) atoms. The molecule has 0 fully saturated rings. The van der Waals surface area contributed by atoms with E-state index in [9.17, 15) is 9.18 Å². The van der Waals surface area contributed by atoms with E-state index >= 15 is 0 Å². The molecular formula is C12H9ClFNO. The maximum Gasteiger partial charge on any atom is 0.248 e. The number of H-pyrrole nitrogens is 1. The van der Waals surface area contributed by atoms with Gasteiger partial charge in [-0.2, -0.15) is 0 Å². The molecule has 0 saturated heterocycles. The summed E-state index contributed by atoms with van der Waals surface area (Å²) in [7, 11) is 0. The van der Waals surface area contributed by atoms with Gasteiger partial charge in [0.15, 0.2) is 0 Å². The van der Waals surface area contributed by atoms with Gasteiger partial charge in [-0.15, -0.1) is 11.6 Å². The first-order valence-corrected chi connectivity index (χ1v) is 5.27. The summed E-state index contributed by atoms with van der Waals surface area (Å²) in [5.74, 6) is -0.0975. The highest BCUT2D eigenvalue weighted by Gasteiger charge is 2.05. The lowest BCUT2D eigenvalue weighted by Crippen LogP contribution is -2.05. The summed E-state index contributed by atoms with van der Waals surface area (Å²) in [6.07, 6.45) is 1.55. The smallest absolute Gasteiger partial charge is 0.248 e. The van der Waals surface area contributed by atoms with Crippen LogP contribution in [-0.2, 0) is 5.88 Å². The molecule has 2 aromatic rings. The largest absolute Gasteiger partial charge is 0.328 e. The first-order valence-electron chi connectivity index (χ1n) is 4.74. The van der Waals surface area contributed by atoms with Gasteiger partial charge >= 0.3 is 0 Å². The number of hydrogen-bond donors (Lipinski definition) is 1. The molecule has 0 aliphatic carbocycles. The van der Waals surface area contributed by atoms with Crippen LogP contribution in [0.1, 0.15) is 5.56 Å². The van der Waals surface area contributed by atoms with E-state index in [1.807, 2.05) is 0 Å². The lowest BCUT2D eigenvalue weighted by Gasteiger charge is -2.06. The molecule has 0 saturated carbocycles. The van der Waals surface area contributed by atoms with Crippen molar-refractivity contribution in [3.05, 3.63) is 58.3 Å². The molecule has 1 aromatic carbocycles. The van der Waals surface area contributed by atoms with Crippen LogP contribution in [0.15, 0.2) is 41.3 Å². The molecule has 2 rings (SSSR count). The molecule has 0 aliphatic heterocycles. The van der Waals surface area contributed by atoms with E-state index in [0.717, 1.165) is 5.56 Å². The zero-order valence-corrected chi connectivity index (χ0v) is 9.09. The zero-order chi connectivity index (χ0) is 11.5. The summed E-state index contributed by atoms with van der Waals surface area (Å²) < 4.78 is 13.1. The van der Waals surface area contributed by atoms with Gasteiger partial charge in [0.05, 0.1) is 0 Å². The van der Waals surface area contributed by atoms with Crippen LogP contribution in [0, 0.1) is 5.82 Å². The van der Waals surface area contributed by atoms with Gasteiger partial charge in [0, 0.05) is 23.7 Å². The molecule has 1 aromatic heterocycles. The number of alkyl halides is 1. The van der Waals surface area contributed by atoms with Crippen LogP contribution in [0.25, 0.3) is 11.1 Å². The highest BCUT2D eigenvalue weighted by molar-refractivity contribution is 6.17. The van der Waals surface area contributed by atoms with Crippen molar-refractivity contribution in [1.29, 1.82) is 0 Å². The minimum absolute atomic E-state index is 0.212. The van der Waals surface area contributed by atoms with Crippen molar-refractivity contribution >= 4 is 11.6 Å². The molecule has 0 amide bonds. The lowest BCUT2D eigenvalue weighted by atomic mass is 10.0. The van der Waals surface area contributed by atoms with Crippen LogP contribution in [0.5, 0.6) is 0 Å². The van der Waals surface area contributed by atoms with Gasteiger partial charge in [-0.1, -0.05) is 12.1 Å². The summed E-state index contributed by atoms with van der Waals surface area (Å²) in [5, 5.41) is 0. The van der Waals surface area contributed by atoms with E-state index in [1.54, 1.807) is 18.3 Å². The number of nitrogens with one attached hydrogen (secondary N) is 1.